The van der Waals surface area contributed by atoms with Crippen LogP contribution in [0.4, 0.5) is 0 Å². The van der Waals surface area contributed by atoms with E-state index in [0.29, 0.717) is 18.5 Å². The lowest BCUT2D eigenvalue weighted by molar-refractivity contribution is -0.139. The van der Waals surface area contributed by atoms with Gasteiger partial charge >= 0.3 is 5.97 Å². The van der Waals surface area contributed by atoms with Crippen LogP contribution in [0.2, 0.25) is 0 Å². The summed E-state index contributed by atoms with van der Waals surface area (Å²) < 4.78 is 1.57. The fraction of sp³-hybridized carbons (Fsp3) is 0.381. The van der Waals surface area contributed by atoms with Crippen LogP contribution >= 0.6 is 0 Å². The highest BCUT2D eigenvalue weighted by molar-refractivity contribution is 5.96. The van der Waals surface area contributed by atoms with Crippen molar-refractivity contribution < 1.29 is 14.7 Å². The van der Waals surface area contributed by atoms with E-state index >= 15 is 0 Å². The summed E-state index contributed by atoms with van der Waals surface area (Å²) in [6, 6.07) is 8.40. The van der Waals surface area contributed by atoms with Gasteiger partial charge in [0.2, 0.25) is 0 Å². The Morgan fingerprint density at radius 3 is 2.66 bits per heavy atom. The van der Waals surface area contributed by atoms with Crippen LogP contribution in [0.1, 0.15) is 49.8 Å². The molecule has 0 radical (unpaired) electrons. The zero-order chi connectivity index (χ0) is 21.2. The summed E-state index contributed by atoms with van der Waals surface area (Å²) in [6.07, 6.45) is 2.72. The monoisotopic (exact) mass is 395 g/mol. The number of rotatable bonds is 6. The van der Waals surface area contributed by atoms with Gasteiger partial charge in [-0.2, -0.15) is 0 Å². The lowest BCUT2D eigenvalue weighted by Gasteiger charge is -2.21. The van der Waals surface area contributed by atoms with Crippen LogP contribution in [0.15, 0.2) is 36.5 Å². The second kappa shape index (κ2) is 7.98. The molecule has 1 aromatic carbocycles. The van der Waals surface area contributed by atoms with Crippen molar-refractivity contribution in [2.75, 3.05) is 0 Å². The number of carbonyl (C=O) groups excluding carboxylic acids is 1. The van der Waals surface area contributed by atoms with Gasteiger partial charge in [-0.05, 0) is 49.4 Å². The van der Waals surface area contributed by atoms with E-state index in [0.717, 1.165) is 16.6 Å². The number of nitrogens with zero attached hydrogens (tertiary/aromatic N) is 4. The van der Waals surface area contributed by atoms with Crippen molar-refractivity contribution in [3.8, 4) is 5.69 Å². The highest BCUT2D eigenvalue weighted by atomic mass is 16.4. The number of benzene rings is 1. The van der Waals surface area contributed by atoms with Crippen molar-refractivity contribution >= 4 is 22.8 Å². The predicted octanol–water partition coefficient (Wildman–Crippen LogP) is 3.13. The van der Waals surface area contributed by atoms with Crippen molar-refractivity contribution in [1.82, 2.24) is 25.3 Å². The standard InChI is InChI=1S/C21H25N5O3/c1-13-18(19(27)23-16(20(28)29)10-11-21(2,3)4)24-25-26(13)17-9-5-8-15-14(17)7-6-12-22-15/h5-9,12,16H,10-11H2,1-4H3,(H,23,27)(H,28,29). The molecule has 0 aliphatic heterocycles. The Morgan fingerprint density at radius 1 is 1.21 bits per heavy atom. The summed E-state index contributed by atoms with van der Waals surface area (Å²) in [5.74, 6) is -1.61. The van der Waals surface area contributed by atoms with Crippen LogP contribution < -0.4 is 5.32 Å². The van der Waals surface area contributed by atoms with E-state index in [2.05, 4.69) is 20.6 Å². The molecule has 0 aliphatic carbocycles. The Morgan fingerprint density at radius 2 is 1.97 bits per heavy atom. The summed E-state index contributed by atoms with van der Waals surface area (Å²) in [5, 5.41) is 21.1. The SMILES string of the molecule is Cc1c(C(=O)NC(CCC(C)(C)C)C(=O)O)nnn1-c1cccc2ncccc12. The van der Waals surface area contributed by atoms with Gasteiger partial charge in [-0.25, -0.2) is 9.48 Å². The summed E-state index contributed by atoms with van der Waals surface area (Å²) >= 11 is 0. The first-order valence-corrected chi connectivity index (χ1v) is 9.47. The molecule has 8 nitrogen and oxygen atoms in total. The molecule has 0 saturated carbocycles. The number of pyridine rings is 1. The number of hydrogen-bond donors (Lipinski definition) is 2. The van der Waals surface area contributed by atoms with E-state index in [9.17, 15) is 14.7 Å². The minimum absolute atomic E-state index is 0.0279. The lowest BCUT2D eigenvalue weighted by atomic mass is 9.88. The van der Waals surface area contributed by atoms with Gasteiger partial charge in [0.05, 0.1) is 16.9 Å². The molecule has 2 heterocycles. The van der Waals surface area contributed by atoms with Gasteiger partial charge < -0.3 is 10.4 Å². The van der Waals surface area contributed by atoms with Crippen LogP contribution in [0.25, 0.3) is 16.6 Å². The molecule has 0 fully saturated rings. The minimum Gasteiger partial charge on any atom is -0.480 e. The summed E-state index contributed by atoms with van der Waals surface area (Å²) in [6.45, 7) is 7.82. The van der Waals surface area contributed by atoms with Crippen LogP contribution in [-0.4, -0.2) is 43.0 Å². The van der Waals surface area contributed by atoms with E-state index < -0.39 is 17.9 Å². The van der Waals surface area contributed by atoms with Crippen LogP contribution in [0, 0.1) is 12.3 Å². The number of fused-ring (bicyclic) bond motifs is 1. The maximum absolute atomic E-state index is 12.7. The highest BCUT2D eigenvalue weighted by Crippen LogP contribution is 2.23. The Labute approximate surface area is 169 Å². The lowest BCUT2D eigenvalue weighted by Crippen LogP contribution is -2.41. The maximum atomic E-state index is 12.7. The van der Waals surface area contributed by atoms with Crippen LogP contribution in [0.5, 0.6) is 0 Å². The summed E-state index contributed by atoms with van der Waals surface area (Å²) in [7, 11) is 0. The number of carboxylic acid groups (broad SMARTS) is 1. The van der Waals surface area contributed by atoms with Crippen molar-refractivity contribution in [2.45, 2.75) is 46.6 Å². The van der Waals surface area contributed by atoms with E-state index in [1.807, 2.05) is 51.1 Å². The summed E-state index contributed by atoms with van der Waals surface area (Å²) in [4.78, 5) is 28.6. The van der Waals surface area contributed by atoms with Gasteiger partial charge in [0.25, 0.3) is 5.91 Å². The largest absolute Gasteiger partial charge is 0.480 e. The number of amides is 1. The second-order valence-corrected chi connectivity index (χ2v) is 8.25. The first-order chi connectivity index (χ1) is 13.7. The smallest absolute Gasteiger partial charge is 0.326 e. The zero-order valence-electron chi connectivity index (χ0n) is 17.0. The van der Waals surface area contributed by atoms with E-state index in [1.165, 1.54) is 0 Å². The van der Waals surface area contributed by atoms with Crippen molar-refractivity contribution in [2.24, 2.45) is 5.41 Å². The van der Waals surface area contributed by atoms with Gasteiger partial charge in [-0.1, -0.05) is 32.1 Å². The topological polar surface area (TPSA) is 110 Å². The van der Waals surface area contributed by atoms with Gasteiger partial charge in [0.15, 0.2) is 5.69 Å². The maximum Gasteiger partial charge on any atom is 0.326 e. The average Bonchev–Trinajstić information content (AvgIpc) is 3.04. The molecule has 0 saturated heterocycles. The molecule has 8 heteroatoms. The Kier molecular flexibility index (Phi) is 5.63. The third-order valence-electron chi connectivity index (χ3n) is 4.75. The minimum atomic E-state index is -1.06. The summed E-state index contributed by atoms with van der Waals surface area (Å²) in [5.41, 5.74) is 2.16. The van der Waals surface area contributed by atoms with Crippen molar-refractivity contribution in [3.05, 3.63) is 47.9 Å². The average molecular weight is 395 g/mol. The normalized spacial score (nSPS) is 12.7. The molecule has 0 bridgehead atoms. The zero-order valence-corrected chi connectivity index (χ0v) is 17.0. The van der Waals surface area contributed by atoms with Crippen molar-refractivity contribution in [3.63, 3.8) is 0 Å². The molecule has 3 aromatic rings. The third kappa shape index (κ3) is 4.59. The molecular weight excluding hydrogens is 370 g/mol. The first-order valence-electron chi connectivity index (χ1n) is 9.47. The molecule has 1 atom stereocenters. The van der Waals surface area contributed by atoms with E-state index in [4.69, 9.17) is 0 Å². The van der Waals surface area contributed by atoms with E-state index in [-0.39, 0.29) is 11.1 Å². The quantitative estimate of drug-likeness (QED) is 0.663. The van der Waals surface area contributed by atoms with Gasteiger partial charge in [-0.3, -0.25) is 9.78 Å². The molecule has 1 amide bonds. The molecule has 152 valence electrons. The van der Waals surface area contributed by atoms with Crippen molar-refractivity contribution in [1.29, 1.82) is 0 Å². The van der Waals surface area contributed by atoms with E-state index in [1.54, 1.807) is 17.8 Å². The first kappa shape index (κ1) is 20.4. The predicted molar refractivity (Wildman–Crippen MR) is 109 cm³/mol. The number of hydrogen-bond acceptors (Lipinski definition) is 5. The Hall–Kier alpha value is -3.29. The molecule has 0 spiro atoms. The third-order valence-corrected chi connectivity index (χ3v) is 4.75. The van der Waals surface area contributed by atoms with Crippen LogP contribution in [0.3, 0.4) is 0 Å². The molecule has 2 aromatic heterocycles. The Balaban J connectivity index is 1.86. The number of carbonyl (C=O) groups is 2. The van der Waals surface area contributed by atoms with Gasteiger partial charge in [-0.15, -0.1) is 5.10 Å². The fourth-order valence-corrected chi connectivity index (χ4v) is 3.10. The molecule has 0 aliphatic rings. The number of carboxylic acids is 1. The van der Waals surface area contributed by atoms with Gasteiger partial charge in [0.1, 0.15) is 6.04 Å². The highest BCUT2D eigenvalue weighted by Gasteiger charge is 2.26. The molecular formula is C21H25N5O3. The molecule has 1 unspecified atom stereocenters. The second-order valence-electron chi connectivity index (χ2n) is 8.25. The number of aliphatic carboxylic acids is 1. The molecule has 29 heavy (non-hydrogen) atoms. The number of aromatic nitrogens is 4. The number of nitrogens with one attached hydrogen (secondary N) is 1. The molecule has 3 rings (SSSR count). The van der Waals surface area contributed by atoms with Crippen LogP contribution in [-0.2, 0) is 4.79 Å². The van der Waals surface area contributed by atoms with Gasteiger partial charge in [0, 0.05) is 11.6 Å². The Bertz CT molecular complexity index is 1050. The fourth-order valence-electron chi connectivity index (χ4n) is 3.10. The molecule has 2 N–H and O–H groups in total.